The van der Waals surface area contributed by atoms with Crippen molar-refractivity contribution in [3.63, 3.8) is 0 Å². The summed E-state index contributed by atoms with van der Waals surface area (Å²) in [5.41, 5.74) is 2.93. The first kappa shape index (κ1) is 19.5. The van der Waals surface area contributed by atoms with Gasteiger partial charge in [0.25, 0.3) is 5.91 Å². The van der Waals surface area contributed by atoms with Crippen LogP contribution in [0.5, 0.6) is 0 Å². The number of benzene rings is 2. The van der Waals surface area contributed by atoms with Crippen LogP contribution in [0.25, 0.3) is 0 Å². The lowest BCUT2D eigenvalue weighted by atomic mass is 9.93. The Labute approximate surface area is 171 Å². The first-order valence-corrected chi connectivity index (χ1v) is 9.54. The van der Waals surface area contributed by atoms with Gasteiger partial charge in [0.2, 0.25) is 0 Å². The molecule has 0 aliphatic carbocycles. The lowest BCUT2D eigenvalue weighted by Crippen LogP contribution is -2.49. The summed E-state index contributed by atoms with van der Waals surface area (Å²) in [5, 5.41) is 3.73. The number of allylic oxidation sites excluding steroid dienone is 1. The van der Waals surface area contributed by atoms with Gasteiger partial charge in [0.1, 0.15) is 5.82 Å². The smallest absolute Gasteiger partial charge is 0.253 e. The average Bonchev–Trinajstić information content (AvgIpc) is 2.61. The number of halogens is 2. The summed E-state index contributed by atoms with van der Waals surface area (Å²) in [6, 6.07) is 13.4. The molecule has 1 N–H and O–H groups in total. The number of thiocarbonyl (C=S) groups is 1. The molecule has 1 heterocycles. The van der Waals surface area contributed by atoms with Crippen LogP contribution in [0, 0.1) is 5.82 Å². The third-order valence-corrected chi connectivity index (χ3v) is 5.18. The van der Waals surface area contributed by atoms with Crippen LogP contribution in [-0.4, -0.2) is 30.0 Å². The minimum absolute atomic E-state index is 0.128. The molecule has 0 bridgehead atoms. The van der Waals surface area contributed by atoms with Crippen LogP contribution >= 0.6 is 28.1 Å². The molecule has 3 rings (SSSR count). The highest BCUT2D eigenvalue weighted by Gasteiger charge is 2.35. The van der Waals surface area contributed by atoms with E-state index in [0.29, 0.717) is 10.7 Å². The fourth-order valence-electron chi connectivity index (χ4n) is 3.09. The van der Waals surface area contributed by atoms with Gasteiger partial charge in [0.05, 0.1) is 11.6 Å². The third-order valence-electron chi connectivity index (χ3n) is 4.39. The van der Waals surface area contributed by atoms with Gasteiger partial charge in [-0.1, -0.05) is 34.1 Å². The Bertz CT molecular complexity index is 927. The van der Waals surface area contributed by atoms with Crippen molar-refractivity contribution in [2.45, 2.75) is 13.0 Å². The molecule has 2 aromatic rings. The molecule has 7 heteroatoms. The highest BCUT2D eigenvalue weighted by molar-refractivity contribution is 9.10. The molecule has 0 saturated carbocycles. The second-order valence-corrected chi connectivity index (χ2v) is 7.75. The molecule has 0 saturated heterocycles. The second-order valence-electron chi connectivity index (χ2n) is 6.45. The Hall–Kier alpha value is -2.25. The number of rotatable bonds is 3. The monoisotopic (exact) mass is 447 g/mol. The van der Waals surface area contributed by atoms with Crippen molar-refractivity contribution in [1.82, 2.24) is 10.2 Å². The van der Waals surface area contributed by atoms with Crippen molar-refractivity contribution in [3.05, 3.63) is 75.7 Å². The zero-order valence-corrected chi connectivity index (χ0v) is 17.6. The van der Waals surface area contributed by atoms with Gasteiger partial charge < -0.3 is 10.2 Å². The van der Waals surface area contributed by atoms with E-state index in [1.54, 1.807) is 26.2 Å². The molecule has 1 aliphatic rings. The van der Waals surface area contributed by atoms with E-state index in [4.69, 9.17) is 12.2 Å². The quantitative estimate of drug-likeness (QED) is 0.707. The number of likely N-dealkylation sites (N-methyl/N-ethyl adjacent to an activating group) is 1. The molecule has 4 nitrogen and oxygen atoms in total. The molecule has 1 unspecified atom stereocenters. The molecule has 140 valence electrons. The number of nitrogens with zero attached hydrogens (tertiary/aromatic N) is 2. The van der Waals surface area contributed by atoms with Gasteiger partial charge in [-0.05, 0) is 55.0 Å². The molecule has 1 amide bonds. The fraction of sp³-hybridized carbons (Fsp3) is 0.200. The predicted molar refractivity (Wildman–Crippen MR) is 113 cm³/mol. The molecule has 0 spiro atoms. The zero-order valence-electron chi connectivity index (χ0n) is 15.2. The van der Waals surface area contributed by atoms with Crippen LogP contribution in [0.2, 0.25) is 0 Å². The van der Waals surface area contributed by atoms with E-state index in [1.807, 2.05) is 36.1 Å². The molecule has 1 aliphatic heterocycles. The maximum Gasteiger partial charge on any atom is 0.253 e. The minimum Gasteiger partial charge on any atom is -0.351 e. The van der Waals surface area contributed by atoms with Crippen LogP contribution < -0.4 is 10.2 Å². The summed E-state index contributed by atoms with van der Waals surface area (Å²) >= 11 is 9.08. The lowest BCUT2D eigenvalue weighted by molar-refractivity contribution is -0.125. The summed E-state index contributed by atoms with van der Waals surface area (Å²) in [6.45, 7) is 1.88. The Balaban J connectivity index is 2.16. The lowest BCUT2D eigenvalue weighted by Gasteiger charge is -2.38. The number of hydrogen-bond donors (Lipinski definition) is 1. The van der Waals surface area contributed by atoms with E-state index in [1.165, 1.54) is 17.0 Å². The molecular formula is C20H19BrFN3OS. The average molecular weight is 448 g/mol. The number of carbonyl (C=O) groups excluding carboxylic acids is 1. The highest BCUT2D eigenvalue weighted by Crippen LogP contribution is 2.35. The Morgan fingerprint density at radius 1 is 1.22 bits per heavy atom. The number of amides is 1. The summed E-state index contributed by atoms with van der Waals surface area (Å²) in [6.07, 6.45) is 0. The van der Waals surface area contributed by atoms with Crippen LogP contribution in [-0.2, 0) is 4.79 Å². The van der Waals surface area contributed by atoms with Gasteiger partial charge in [-0.3, -0.25) is 9.69 Å². The largest absolute Gasteiger partial charge is 0.351 e. The highest BCUT2D eigenvalue weighted by atomic mass is 79.9. The molecule has 0 aromatic heterocycles. The maximum absolute atomic E-state index is 13.4. The fourth-order valence-corrected chi connectivity index (χ4v) is 3.84. The first-order valence-electron chi connectivity index (χ1n) is 8.33. The number of hydrogen-bond acceptors (Lipinski definition) is 2. The van der Waals surface area contributed by atoms with Crippen molar-refractivity contribution >= 4 is 44.9 Å². The van der Waals surface area contributed by atoms with Crippen molar-refractivity contribution in [3.8, 4) is 0 Å². The Morgan fingerprint density at radius 3 is 2.48 bits per heavy atom. The summed E-state index contributed by atoms with van der Waals surface area (Å²) < 4.78 is 14.3. The second kappa shape index (κ2) is 7.78. The van der Waals surface area contributed by atoms with Gasteiger partial charge in [-0.2, -0.15) is 0 Å². The molecule has 0 radical (unpaired) electrons. The topological polar surface area (TPSA) is 35.6 Å². The SMILES string of the molecule is CC1=C(C(=O)N(C)C)C(c2ccc(F)cc2)NC(=S)N1c1cccc(Br)c1. The maximum atomic E-state index is 13.4. The van der Waals surface area contributed by atoms with E-state index < -0.39 is 6.04 Å². The summed E-state index contributed by atoms with van der Waals surface area (Å²) in [5.74, 6) is -0.453. The number of nitrogens with one attached hydrogen (secondary N) is 1. The van der Waals surface area contributed by atoms with E-state index in [2.05, 4.69) is 21.2 Å². The van der Waals surface area contributed by atoms with E-state index in [-0.39, 0.29) is 11.7 Å². The Kier molecular flexibility index (Phi) is 5.62. The van der Waals surface area contributed by atoms with Gasteiger partial charge in [-0.15, -0.1) is 0 Å². The third kappa shape index (κ3) is 3.89. The van der Waals surface area contributed by atoms with Gasteiger partial charge in [-0.25, -0.2) is 4.39 Å². The van der Waals surface area contributed by atoms with Crippen molar-refractivity contribution in [2.75, 3.05) is 19.0 Å². The standard InChI is InChI=1S/C20H19BrFN3OS/c1-12-17(19(26)24(2)3)18(13-7-9-15(22)10-8-13)23-20(27)25(12)16-6-4-5-14(21)11-16/h4-11,18H,1-3H3,(H,23,27). The molecule has 27 heavy (non-hydrogen) atoms. The molecule has 2 aromatic carbocycles. The normalized spacial score (nSPS) is 17.0. The molecular weight excluding hydrogens is 429 g/mol. The van der Waals surface area contributed by atoms with Crippen LogP contribution in [0.4, 0.5) is 10.1 Å². The predicted octanol–water partition coefficient (Wildman–Crippen LogP) is 4.39. The van der Waals surface area contributed by atoms with E-state index in [0.717, 1.165) is 21.4 Å². The van der Waals surface area contributed by atoms with E-state index in [9.17, 15) is 9.18 Å². The number of carbonyl (C=O) groups is 1. The van der Waals surface area contributed by atoms with Crippen molar-refractivity contribution in [2.24, 2.45) is 0 Å². The Morgan fingerprint density at radius 2 is 1.89 bits per heavy atom. The molecule has 0 fully saturated rings. The van der Waals surface area contributed by atoms with Crippen LogP contribution in [0.1, 0.15) is 18.5 Å². The zero-order chi connectivity index (χ0) is 19.7. The van der Waals surface area contributed by atoms with E-state index >= 15 is 0 Å². The first-order chi connectivity index (χ1) is 12.8. The van der Waals surface area contributed by atoms with Crippen LogP contribution in [0.3, 0.4) is 0 Å². The molecule has 1 atom stereocenters. The van der Waals surface area contributed by atoms with Gasteiger partial charge in [0.15, 0.2) is 5.11 Å². The van der Waals surface area contributed by atoms with Gasteiger partial charge >= 0.3 is 0 Å². The summed E-state index contributed by atoms with van der Waals surface area (Å²) in [7, 11) is 3.42. The summed E-state index contributed by atoms with van der Waals surface area (Å²) in [4.78, 5) is 16.4. The van der Waals surface area contributed by atoms with Gasteiger partial charge in [0, 0.05) is 30.0 Å². The van der Waals surface area contributed by atoms with Crippen molar-refractivity contribution in [1.29, 1.82) is 0 Å². The number of anilines is 1. The van der Waals surface area contributed by atoms with Crippen molar-refractivity contribution < 1.29 is 9.18 Å². The van der Waals surface area contributed by atoms with Crippen LogP contribution in [0.15, 0.2) is 64.3 Å². The minimum atomic E-state index is -0.448.